The number of nitrogens with one attached hydrogen (secondary N) is 9. The number of ether oxygens (including phenoxy) is 6. The minimum atomic E-state index is -1.21. The molecule has 12 atom stereocenters. The van der Waals surface area contributed by atoms with Crippen LogP contribution in [0.1, 0.15) is 51.8 Å². The lowest BCUT2D eigenvalue weighted by atomic mass is 10.0. The molecule has 0 bridgehead atoms. The summed E-state index contributed by atoms with van der Waals surface area (Å²) in [5.41, 5.74) is 0.0898. The number of carbonyl (C=O) groups is 6. The molecule has 0 aliphatic carbocycles. The Bertz CT molecular complexity index is 1660. The Kier molecular flexibility index (Phi) is 26.6. The van der Waals surface area contributed by atoms with Crippen LogP contribution >= 0.6 is 0 Å². The molecule has 3 aliphatic heterocycles. The van der Waals surface area contributed by atoms with E-state index in [1.165, 1.54) is 18.2 Å². The summed E-state index contributed by atoms with van der Waals surface area (Å²) in [6.07, 6.45) is -6.77. The molecule has 3 aliphatic rings. The average molecular weight is 1030 g/mol. The van der Waals surface area contributed by atoms with Gasteiger partial charge < -0.3 is 91.0 Å². The van der Waals surface area contributed by atoms with Gasteiger partial charge in [0.2, 0.25) is 17.7 Å². The summed E-state index contributed by atoms with van der Waals surface area (Å²) in [7, 11) is 0. The van der Waals surface area contributed by atoms with Crippen LogP contribution in [0.15, 0.2) is 18.2 Å². The number of rotatable bonds is 33. The number of carbonyl (C=O) groups excluding carboxylic acids is 6. The van der Waals surface area contributed by atoms with Gasteiger partial charge in [-0.3, -0.25) is 44.7 Å². The molecule has 3 heterocycles. The number of hydrogen-bond acceptors (Lipinski definition) is 21. The second-order valence-electron chi connectivity index (χ2n) is 17.4. The Morgan fingerprint density at radius 1 is 0.361 bits per heavy atom. The quantitative estimate of drug-likeness (QED) is 0.0291. The zero-order valence-electron chi connectivity index (χ0n) is 41.0. The molecule has 4 rings (SSSR count). The van der Waals surface area contributed by atoms with Gasteiger partial charge in [0.15, 0.2) is 0 Å². The molecule has 27 heteroatoms. The lowest BCUT2D eigenvalue weighted by Crippen LogP contribution is -2.48. The summed E-state index contributed by atoms with van der Waals surface area (Å²) in [5.74, 6) is -3.10. The zero-order valence-corrected chi connectivity index (χ0v) is 41.0. The Morgan fingerprint density at radius 2 is 0.569 bits per heavy atom. The van der Waals surface area contributed by atoms with Crippen LogP contribution in [0.3, 0.4) is 0 Å². The van der Waals surface area contributed by atoms with Gasteiger partial charge in [-0.05, 0) is 39.0 Å². The van der Waals surface area contributed by atoms with E-state index in [4.69, 9.17) is 28.4 Å². The Balaban J connectivity index is 1.14. The van der Waals surface area contributed by atoms with Gasteiger partial charge in [-0.15, -0.1) is 0 Å². The maximum absolute atomic E-state index is 13.2. The van der Waals surface area contributed by atoms with Crippen molar-refractivity contribution in [1.29, 1.82) is 0 Å². The van der Waals surface area contributed by atoms with Gasteiger partial charge in [0.1, 0.15) is 36.4 Å². The summed E-state index contributed by atoms with van der Waals surface area (Å²) in [6.45, 7) is 7.70. The van der Waals surface area contributed by atoms with Crippen molar-refractivity contribution in [2.24, 2.45) is 0 Å². The molecule has 3 saturated heterocycles. The highest BCUT2D eigenvalue weighted by Crippen LogP contribution is 2.16. The maximum Gasteiger partial charge on any atom is 0.251 e. The molecule has 0 unspecified atom stereocenters. The molecular weight excluding hydrogens is 955 g/mol. The monoisotopic (exact) mass is 1030 g/mol. The molecule has 0 spiro atoms. The number of aliphatic hydroxyl groups is 6. The van der Waals surface area contributed by atoms with Gasteiger partial charge in [0, 0.05) is 74.1 Å². The van der Waals surface area contributed by atoms with Gasteiger partial charge in [0.05, 0.1) is 97.6 Å². The van der Waals surface area contributed by atoms with Crippen molar-refractivity contribution >= 4 is 35.4 Å². The van der Waals surface area contributed by atoms with E-state index in [9.17, 15) is 59.4 Å². The van der Waals surface area contributed by atoms with Crippen LogP contribution in [-0.2, 0) is 42.8 Å². The van der Waals surface area contributed by atoms with Crippen LogP contribution in [-0.4, -0.2) is 258 Å². The first-order valence-corrected chi connectivity index (χ1v) is 24.2. The maximum atomic E-state index is 13.2. The molecule has 3 fully saturated rings. The smallest absolute Gasteiger partial charge is 0.251 e. The number of hydrogen-bond donors (Lipinski definition) is 15. The van der Waals surface area contributed by atoms with Crippen molar-refractivity contribution in [1.82, 2.24) is 47.9 Å². The van der Waals surface area contributed by atoms with Crippen molar-refractivity contribution < 1.29 is 87.8 Å². The Hall–Kier alpha value is -4.56. The Labute approximate surface area is 417 Å². The van der Waals surface area contributed by atoms with E-state index >= 15 is 0 Å². The predicted octanol–water partition coefficient (Wildman–Crippen LogP) is -7.43. The molecule has 6 amide bonds. The van der Waals surface area contributed by atoms with Crippen LogP contribution < -0.4 is 47.9 Å². The number of amides is 6. The van der Waals surface area contributed by atoms with Crippen LogP contribution in [0.5, 0.6) is 0 Å². The van der Waals surface area contributed by atoms with E-state index in [-0.39, 0.29) is 135 Å². The van der Waals surface area contributed by atoms with E-state index in [1.807, 2.05) is 0 Å². The molecule has 27 nitrogen and oxygen atoms in total. The first-order chi connectivity index (χ1) is 34.5. The topological polar surface area (TPSA) is 387 Å². The highest BCUT2D eigenvalue weighted by molar-refractivity contribution is 6.04. The van der Waals surface area contributed by atoms with E-state index in [0.717, 1.165) is 0 Å². The summed E-state index contributed by atoms with van der Waals surface area (Å²) in [6, 6.07) is -0.0149. The third-order valence-corrected chi connectivity index (χ3v) is 11.9. The first kappa shape index (κ1) is 60.0. The van der Waals surface area contributed by atoms with Crippen molar-refractivity contribution in [3.8, 4) is 0 Å². The highest BCUT2D eigenvalue weighted by Gasteiger charge is 2.44. The van der Waals surface area contributed by atoms with E-state index < -0.39 is 108 Å². The summed E-state index contributed by atoms with van der Waals surface area (Å²) in [5, 5.41) is 84.1. The van der Waals surface area contributed by atoms with Crippen molar-refractivity contribution in [2.45, 2.75) is 93.6 Å². The fourth-order valence-electron chi connectivity index (χ4n) is 7.68. The molecule has 0 saturated carbocycles. The summed E-state index contributed by atoms with van der Waals surface area (Å²) < 4.78 is 32.9. The predicted molar refractivity (Wildman–Crippen MR) is 253 cm³/mol. The van der Waals surface area contributed by atoms with Gasteiger partial charge in [0.25, 0.3) is 17.7 Å². The SMILES string of the molecule is C[C@@H]1N[C@@H](C(=O)NCCOCCOCCNC(=O)c2cc(C(=O)NCCOCCOCCNC(=O)[C@@H]3N[C@@H](C)[C@@H](O)[C@H]3O)cc(C(=O)NCCOCCOCCNC(=O)[C@@H]3N[C@@H](C)[C@@H](O)[C@H]3O)c2)[C@H](O)[C@@H]1O. The lowest BCUT2D eigenvalue weighted by Gasteiger charge is -2.15. The van der Waals surface area contributed by atoms with E-state index in [0.29, 0.717) is 0 Å². The molecule has 0 radical (unpaired) electrons. The molecule has 1 aromatic rings. The van der Waals surface area contributed by atoms with Crippen LogP contribution in [0, 0.1) is 0 Å². The normalized spacial score (nSPS) is 26.8. The van der Waals surface area contributed by atoms with E-state index in [1.54, 1.807) is 20.8 Å². The largest absolute Gasteiger partial charge is 0.389 e. The standard InChI is InChI=1S/C45H75N9O18/c1-25-34(55)37(58)31(52-25)43(64)49-7-13-70-19-16-67-10-4-46-40(61)28-22-29(41(62)47-5-11-68-17-20-71-14-8-50-44(65)32-38(59)35(56)26(2)53-32)24-30(23-28)42(63)48-6-12-69-18-21-72-15-9-51-45(66)33-39(60)36(57)27(3)54-33/h22-27,31-39,52-60H,4-21H2,1-3H3,(H,46,61)(H,47,62)(H,48,63)(H,49,64)(H,50,65)(H,51,66)/t25-,26-,27-,31+,32+,33+,34+,35+,36+,37-,38-,39-/m0/s1. The Morgan fingerprint density at radius 3 is 0.764 bits per heavy atom. The van der Waals surface area contributed by atoms with Gasteiger partial charge in [-0.1, -0.05) is 0 Å². The number of benzene rings is 1. The van der Waals surface area contributed by atoms with Crippen LogP contribution in [0.4, 0.5) is 0 Å². The minimum Gasteiger partial charge on any atom is -0.389 e. The molecule has 0 aromatic heterocycles. The summed E-state index contributed by atoms with van der Waals surface area (Å²) >= 11 is 0. The second kappa shape index (κ2) is 31.9. The van der Waals surface area contributed by atoms with Crippen LogP contribution in [0.25, 0.3) is 0 Å². The average Bonchev–Trinajstić information content (AvgIpc) is 3.90. The molecule has 15 N–H and O–H groups in total. The highest BCUT2D eigenvalue weighted by atomic mass is 16.5. The minimum absolute atomic E-state index is 0.0299. The van der Waals surface area contributed by atoms with Gasteiger partial charge >= 0.3 is 0 Å². The fourth-order valence-corrected chi connectivity index (χ4v) is 7.68. The van der Waals surface area contributed by atoms with Gasteiger partial charge in [-0.2, -0.15) is 0 Å². The third kappa shape index (κ3) is 19.4. The molecule has 72 heavy (non-hydrogen) atoms. The van der Waals surface area contributed by atoms with Crippen molar-refractivity contribution in [3.63, 3.8) is 0 Å². The lowest BCUT2D eigenvalue weighted by molar-refractivity contribution is -0.126. The molecular formula is C45H75N9O18. The number of aliphatic hydroxyl groups excluding tert-OH is 6. The van der Waals surface area contributed by atoms with Crippen molar-refractivity contribution in [3.05, 3.63) is 34.9 Å². The summed E-state index contributed by atoms with van der Waals surface area (Å²) in [4.78, 5) is 76.6. The van der Waals surface area contributed by atoms with Crippen molar-refractivity contribution in [2.75, 3.05) is 119 Å². The van der Waals surface area contributed by atoms with E-state index in [2.05, 4.69) is 47.9 Å². The first-order valence-electron chi connectivity index (χ1n) is 24.2. The molecule has 408 valence electrons. The van der Waals surface area contributed by atoms with Crippen LogP contribution in [0.2, 0.25) is 0 Å². The fraction of sp³-hybridized carbons (Fsp3) is 0.733. The zero-order chi connectivity index (χ0) is 52.6. The molecule has 1 aromatic carbocycles. The third-order valence-electron chi connectivity index (χ3n) is 11.9. The van der Waals surface area contributed by atoms with Gasteiger partial charge in [-0.25, -0.2) is 0 Å². The second-order valence-corrected chi connectivity index (χ2v) is 17.4.